The summed E-state index contributed by atoms with van der Waals surface area (Å²) in [5.74, 6) is -0.442. The lowest BCUT2D eigenvalue weighted by Crippen LogP contribution is -2.27. The van der Waals surface area contributed by atoms with E-state index < -0.39 is 26.5 Å². The summed E-state index contributed by atoms with van der Waals surface area (Å²) in [4.78, 5) is 17.4. The largest absolute Gasteiger partial charge is 0.296 e. The molecule has 1 aliphatic heterocycles. The van der Waals surface area contributed by atoms with Gasteiger partial charge in [-0.25, -0.2) is 13.4 Å². The molecule has 30 heavy (non-hydrogen) atoms. The number of amides is 1. The number of thiazole rings is 1. The Morgan fingerprint density at radius 1 is 1.23 bits per heavy atom. The van der Waals surface area contributed by atoms with E-state index in [1.54, 1.807) is 18.4 Å². The predicted octanol–water partition coefficient (Wildman–Crippen LogP) is 2.26. The maximum atomic E-state index is 13.0. The fourth-order valence-electron chi connectivity index (χ4n) is 3.16. The molecule has 1 saturated heterocycles. The summed E-state index contributed by atoms with van der Waals surface area (Å²) in [6, 6.07) is 6.32. The molecule has 4 rings (SSSR count). The zero-order valence-corrected chi connectivity index (χ0v) is 18.9. The van der Waals surface area contributed by atoms with Crippen molar-refractivity contribution < 1.29 is 17.4 Å². The van der Waals surface area contributed by atoms with Crippen molar-refractivity contribution in [1.82, 2.24) is 9.99 Å². The monoisotopic (exact) mass is 466 g/mol. The van der Waals surface area contributed by atoms with Crippen molar-refractivity contribution in [3.05, 3.63) is 36.0 Å². The Bertz CT molecular complexity index is 1100. The van der Waals surface area contributed by atoms with E-state index in [9.17, 15) is 17.4 Å². The number of sulfone groups is 1. The van der Waals surface area contributed by atoms with Crippen molar-refractivity contribution in [3.63, 3.8) is 0 Å². The van der Waals surface area contributed by atoms with Crippen LogP contribution < -0.4 is 5.32 Å². The standard InChI is InChI=1S/C19H22N4O4S3/c1-29(25)16-12-20-19(28-16)21-18(24)17(22-23-10-2-3-11-23)13-4-6-14(7-5-13)30(26,27)15-8-9-15/h4-7,12,15H,2-3,8-11H2,1H3,(H,20,21,24). The summed E-state index contributed by atoms with van der Waals surface area (Å²) in [5, 5.41) is 9.15. The van der Waals surface area contributed by atoms with E-state index in [0.717, 1.165) is 37.3 Å². The van der Waals surface area contributed by atoms with Gasteiger partial charge < -0.3 is 0 Å². The molecule has 8 nitrogen and oxygen atoms in total. The highest BCUT2D eigenvalue weighted by Crippen LogP contribution is 2.33. The molecule has 11 heteroatoms. The highest BCUT2D eigenvalue weighted by Gasteiger charge is 2.36. The normalized spacial score (nSPS) is 18.4. The average molecular weight is 467 g/mol. The highest BCUT2D eigenvalue weighted by atomic mass is 32.2. The van der Waals surface area contributed by atoms with Gasteiger partial charge in [0.25, 0.3) is 5.91 Å². The lowest BCUT2D eigenvalue weighted by molar-refractivity contribution is -0.110. The number of nitrogens with zero attached hydrogens (tertiary/aromatic N) is 3. The van der Waals surface area contributed by atoms with Crippen molar-refractivity contribution in [3.8, 4) is 0 Å². The van der Waals surface area contributed by atoms with E-state index in [-0.39, 0.29) is 15.9 Å². The Hall–Kier alpha value is -2.11. The fourth-order valence-corrected chi connectivity index (χ4v) is 6.27. The number of aromatic nitrogens is 1. The first-order chi connectivity index (χ1) is 14.3. The number of benzene rings is 1. The second-order valence-electron chi connectivity index (χ2n) is 7.27. The Balaban J connectivity index is 1.60. The number of carbonyl (C=O) groups excluding carboxylic acids is 1. The van der Waals surface area contributed by atoms with E-state index in [2.05, 4.69) is 15.4 Å². The van der Waals surface area contributed by atoms with E-state index in [0.29, 0.717) is 27.7 Å². The summed E-state index contributed by atoms with van der Waals surface area (Å²) in [6.07, 6.45) is 6.45. The van der Waals surface area contributed by atoms with Crippen molar-refractivity contribution in [2.45, 2.75) is 40.0 Å². The number of hydrogen-bond donors (Lipinski definition) is 1. The lowest BCUT2D eigenvalue weighted by atomic mass is 10.1. The van der Waals surface area contributed by atoms with Crippen LogP contribution in [0.4, 0.5) is 5.13 Å². The fraction of sp³-hybridized carbons (Fsp3) is 0.421. The van der Waals surface area contributed by atoms with E-state index in [1.807, 2.05) is 5.01 Å². The van der Waals surface area contributed by atoms with Gasteiger partial charge in [-0.15, -0.1) is 0 Å². The molecule has 1 atom stereocenters. The smallest absolute Gasteiger partial charge is 0.278 e. The molecule has 1 aromatic heterocycles. The zero-order valence-electron chi connectivity index (χ0n) is 16.4. The van der Waals surface area contributed by atoms with Gasteiger partial charge in [-0.1, -0.05) is 23.5 Å². The lowest BCUT2D eigenvalue weighted by Gasteiger charge is -2.14. The third kappa shape index (κ3) is 4.62. The van der Waals surface area contributed by atoms with Gasteiger partial charge in [-0.2, -0.15) is 5.10 Å². The van der Waals surface area contributed by atoms with Gasteiger partial charge in [0, 0.05) is 24.9 Å². The first kappa shape index (κ1) is 21.1. The van der Waals surface area contributed by atoms with Crippen molar-refractivity contribution in [2.24, 2.45) is 5.10 Å². The van der Waals surface area contributed by atoms with Crippen molar-refractivity contribution >= 4 is 48.7 Å². The Morgan fingerprint density at radius 3 is 2.47 bits per heavy atom. The van der Waals surface area contributed by atoms with Crippen LogP contribution in [0.25, 0.3) is 0 Å². The average Bonchev–Trinajstić information content (AvgIpc) is 3.27. The van der Waals surface area contributed by atoms with Gasteiger partial charge in [0.15, 0.2) is 20.7 Å². The van der Waals surface area contributed by atoms with E-state index >= 15 is 0 Å². The molecule has 2 fully saturated rings. The van der Waals surface area contributed by atoms with Gasteiger partial charge in [0.2, 0.25) is 0 Å². The third-order valence-electron chi connectivity index (χ3n) is 4.95. The van der Waals surface area contributed by atoms with E-state index in [1.165, 1.54) is 18.3 Å². The minimum absolute atomic E-state index is 0.196. The summed E-state index contributed by atoms with van der Waals surface area (Å²) in [7, 11) is -4.47. The van der Waals surface area contributed by atoms with E-state index in [4.69, 9.17) is 0 Å². The number of rotatable bonds is 7. The number of hydrazone groups is 1. The maximum absolute atomic E-state index is 13.0. The number of nitrogens with one attached hydrogen (secondary N) is 1. The van der Waals surface area contributed by atoms with Crippen LogP contribution in [0, 0.1) is 0 Å². The molecule has 0 bridgehead atoms. The summed E-state index contributed by atoms with van der Waals surface area (Å²) < 4.78 is 37.0. The predicted molar refractivity (Wildman–Crippen MR) is 117 cm³/mol. The number of carbonyl (C=O) groups is 1. The molecule has 1 saturated carbocycles. The molecule has 2 aliphatic rings. The molecule has 160 valence electrons. The van der Waals surface area contributed by atoms with Crippen LogP contribution in [-0.2, 0) is 25.4 Å². The SMILES string of the molecule is CS(=O)c1cnc(NC(=O)C(=NN2CCCC2)c2ccc(S(=O)(=O)C3CC3)cc2)s1. The van der Waals surface area contributed by atoms with Gasteiger partial charge >= 0.3 is 0 Å². The van der Waals surface area contributed by atoms with Crippen molar-refractivity contribution in [1.29, 1.82) is 0 Å². The molecular formula is C19H22N4O4S3. The summed E-state index contributed by atoms with van der Waals surface area (Å²) in [5.41, 5.74) is 0.728. The second kappa shape index (κ2) is 8.56. The topological polar surface area (TPSA) is 109 Å². The molecule has 1 amide bonds. The first-order valence-electron chi connectivity index (χ1n) is 9.63. The molecule has 0 spiro atoms. The summed E-state index contributed by atoms with van der Waals surface area (Å²) >= 11 is 1.15. The number of hydrogen-bond acceptors (Lipinski definition) is 8. The molecule has 0 radical (unpaired) electrons. The maximum Gasteiger partial charge on any atom is 0.278 e. The molecule has 1 aromatic carbocycles. The minimum atomic E-state index is -3.29. The number of anilines is 1. The van der Waals surface area contributed by atoms with Crippen LogP contribution in [-0.4, -0.2) is 58.8 Å². The van der Waals surface area contributed by atoms with Crippen LogP contribution in [0.15, 0.2) is 44.7 Å². The molecule has 2 heterocycles. The minimum Gasteiger partial charge on any atom is -0.296 e. The highest BCUT2D eigenvalue weighted by molar-refractivity contribution is 7.92. The molecule has 1 aliphatic carbocycles. The molecule has 2 aromatic rings. The second-order valence-corrected chi connectivity index (χ2v) is 12.1. The van der Waals surface area contributed by atoms with Gasteiger partial charge in [0.1, 0.15) is 4.21 Å². The zero-order chi connectivity index (χ0) is 21.3. The van der Waals surface area contributed by atoms with Crippen LogP contribution in [0.1, 0.15) is 31.2 Å². The molecule has 1 unspecified atom stereocenters. The Morgan fingerprint density at radius 2 is 1.90 bits per heavy atom. The summed E-state index contributed by atoms with van der Waals surface area (Å²) in [6.45, 7) is 1.53. The van der Waals surface area contributed by atoms with Gasteiger partial charge in [-0.05, 0) is 37.8 Å². The Labute approximate surface area is 181 Å². The van der Waals surface area contributed by atoms with Crippen molar-refractivity contribution in [2.75, 3.05) is 24.7 Å². The first-order valence-corrected chi connectivity index (χ1v) is 13.5. The van der Waals surface area contributed by atoms with Gasteiger partial charge in [-0.3, -0.25) is 19.3 Å². The van der Waals surface area contributed by atoms with Crippen LogP contribution in [0.5, 0.6) is 0 Å². The van der Waals surface area contributed by atoms with Crippen LogP contribution >= 0.6 is 11.3 Å². The van der Waals surface area contributed by atoms with Crippen LogP contribution in [0.2, 0.25) is 0 Å². The Kier molecular flexibility index (Phi) is 6.03. The van der Waals surface area contributed by atoms with Crippen LogP contribution in [0.3, 0.4) is 0 Å². The third-order valence-corrected chi connectivity index (χ3v) is 9.56. The molecule has 1 N–H and O–H groups in total. The quantitative estimate of drug-likeness (QED) is 0.627. The van der Waals surface area contributed by atoms with Gasteiger partial charge in [0.05, 0.1) is 27.1 Å². The molecular weight excluding hydrogens is 444 g/mol.